The first-order valence-electron chi connectivity index (χ1n) is 6.93. The van der Waals surface area contributed by atoms with Crippen LogP contribution in [0.1, 0.15) is 31.0 Å². The Morgan fingerprint density at radius 2 is 2.25 bits per heavy atom. The van der Waals surface area contributed by atoms with Crippen molar-refractivity contribution in [2.75, 3.05) is 26.8 Å². The van der Waals surface area contributed by atoms with Crippen LogP contribution in [-0.4, -0.2) is 42.7 Å². The lowest BCUT2D eigenvalue weighted by Crippen LogP contribution is -2.41. The number of likely N-dealkylation sites (tertiary alicyclic amines) is 1. The van der Waals surface area contributed by atoms with E-state index in [1.165, 1.54) is 12.8 Å². The second-order valence-electron chi connectivity index (χ2n) is 5.15. The molecule has 2 unspecified atom stereocenters. The molecular weight excluding hydrogens is 386 g/mol. The number of nitrogens with two attached hydrogens (primary N) is 1. The maximum absolute atomic E-state index is 6.43. The van der Waals surface area contributed by atoms with Crippen molar-refractivity contribution in [2.45, 2.75) is 31.3 Å². The smallest absolute Gasteiger partial charge is 0.0733 e. The van der Waals surface area contributed by atoms with Crippen molar-refractivity contribution < 1.29 is 4.74 Å². The summed E-state index contributed by atoms with van der Waals surface area (Å²) in [5.74, 6) is 0. The lowest BCUT2D eigenvalue weighted by atomic mass is 10.0. The summed E-state index contributed by atoms with van der Waals surface area (Å²) in [5, 5.41) is 0. The molecule has 1 aliphatic rings. The lowest BCUT2D eigenvalue weighted by Gasteiger charge is -2.33. The van der Waals surface area contributed by atoms with Crippen LogP contribution in [0, 0.1) is 0 Å². The zero-order valence-corrected chi connectivity index (χ0v) is 14.9. The molecule has 0 aliphatic carbocycles. The number of halogens is 2. The van der Waals surface area contributed by atoms with E-state index in [0.29, 0.717) is 0 Å². The van der Waals surface area contributed by atoms with E-state index in [0.717, 1.165) is 40.8 Å². The predicted molar refractivity (Wildman–Crippen MR) is 87.7 cm³/mol. The summed E-state index contributed by atoms with van der Waals surface area (Å²) in [5.41, 5.74) is 7.45. The van der Waals surface area contributed by atoms with Crippen LogP contribution in [0.25, 0.3) is 0 Å². The summed E-state index contributed by atoms with van der Waals surface area (Å²) in [6.45, 7) is 2.66. The molecule has 0 spiro atoms. The molecule has 0 amide bonds. The zero-order valence-electron chi connectivity index (χ0n) is 11.7. The van der Waals surface area contributed by atoms with Gasteiger partial charge in [-0.3, -0.25) is 9.88 Å². The van der Waals surface area contributed by atoms with Crippen LogP contribution in [0.5, 0.6) is 0 Å². The molecule has 6 heteroatoms. The van der Waals surface area contributed by atoms with Gasteiger partial charge in [0, 0.05) is 34.8 Å². The van der Waals surface area contributed by atoms with E-state index in [4.69, 9.17) is 10.5 Å². The van der Waals surface area contributed by atoms with Gasteiger partial charge in [0.05, 0.1) is 18.3 Å². The fourth-order valence-corrected chi connectivity index (χ4v) is 3.96. The quantitative estimate of drug-likeness (QED) is 0.834. The highest BCUT2D eigenvalue weighted by molar-refractivity contribution is 9.11. The van der Waals surface area contributed by atoms with E-state index in [9.17, 15) is 0 Å². The number of hydrogen-bond donors (Lipinski definition) is 1. The Kier molecular flexibility index (Phi) is 6.42. The number of methoxy groups -OCH3 is 1. The van der Waals surface area contributed by atoms with Crippen molar-refractivity contribution in [3.05, 3.63) is 26.9 Å². The summed E-state index contributed by atoms with van der Waals surface area (Å²) in [4.78, 5) is 7.00. The summed E-state index contributed by atoms with van der Waals surface area (Å²) >= 11 is 7.08. The standard InChI is InChI=1S/C14H21Br2N3O/c1-20-7-6-19-5-3-2-4-12(17)14(19)13-11(16)8-10(15)9-18-13/h8-9,12,14H,2-7,17H2,1H3. The SMILES string of the molecule is COCCN1CCCCC(N)C1c1ncc(Br)cc1Br. The molecule has 2 rings (SSSR count). The molecular formula is C14H21Br2N3O. The van der Waals surface area contributed by atoms with Crippen molar-refractivity contribution in [2.24, 2.45) is 5.73 Å². The highest BCUT2D eigenvalue weighted by Crippen LogP contribution is 2.33. The van der Waals surface area contributed by atoms with Gasteiger partial charge in [-0.15, -0.1) is 0 Å². The van der Waals surface area contributed by atoms with Crippen molar-refractivity contribution in [3.63, 3.8) is 0 Å². The largest absolute Gasteiger partial charge is 0.383 e. The van der Waals surface area contributed by atoms with Crippen LogP contribution in [0.4, 0.5) is 0 Å². The van der Waals surface area contributed by atoms with E-state index in [2.05, 4.69) is 41.7 Å². The highest BCUT2D eigenvalue weighted by Gasteiger charge is 2.31. The first-order chi connectivity index (χ1) is 9.63. The molecule has 1 aromatic rings. The fourth-order valence-electron chi connectivity index (χ4n) is 2.74. The maximum atomic E-state index is 6.43. The first kappa shape index (κ1) is 16.4. The maximum Gasteiger partial charge on any atom is 0.0733 e. The van der Waals surface area contributed by atoms with E-state index >= 15 is 0 Å². The summed E-state index contributed by atoms with van der Waals surface area (Å²) in [6, 6.07) is 2.29. The number of aromatic nitrogens is 1. The number of hydrogen-bond acceptors (Lipinski definition) is 4. The molecule has 1 aliphatic heterocycles. The Bertz CT molecular complexity index is 444. The molecule has 0 radical (unpaired) electrons. The molecule has 2 N–H and O–H groups in total. The van der Waals surface area contributed by atoms with Gasteiger partial charge in [0.15, 0.2) is 0 Å². The minimum absolute atomic E-state index is 0.110. The number of nitrogens with zero attached hydrogens (tertiary/aromatic N) is 2. The Morgan fingerprint density at radius 1 is 1.45 bits per heavy atom. The van der Waals surface area contributed by atoms with Crippen molar-refractivity contribution in [3.8, 4) is 0 Å². The van der Waals surface area contributed by atoms with Gasteiger partial charge in [-0.2, -0.15) is 0 Å². The van der Waals surface area contributed by atoms with E-state index in [-0.39, 0.29) is 12.1 Å². The van der Waals surface area contributed by atoms with Crippen molar-refractivity contribution >= 4 is 31.9 Å². The Labute approximate surface area is 137 Å². The van der Waals surface area contributed by atoms with Crippen LogP contribution >= 0.6 is 31.9 Å². The number of ether oxygens (including phenoxy) is 1. The van der Waals surface area contributed by atoms with E-state index in [1.54, 1.807) is 7.11 Å². The normalized spacial score (nSPS) is 24.6. The van der Waals surface area contributed by atoms with Gasteiger partial charge in [0.25, 0.3) is 0 Å². The van der Waals surface area contributed by atoms with E-state index in [1.807, 2.05) is 12.3 Å². The van der Waals surface area contributed by atoms with Gasteiger partial charge in [0.2, 0.25) is 0 Å². The van der Waals surface area contributed by atoms with Gasteiger partial charge in [-0.25, -0.2) is 0 Å². The molecule has 1 saturated heterocycles. The Balaban J connectivity index is 2.29. The minimum atomic E-state index is 0.110. The predicted octanol–water partition coefficient (Wildman–Crippen LogP) is 3.11. The zero-order chi connectivity index (χ0) is 14.5. The molecule has 112 valence electrons. The number of rotatable bonds is 4. The molecule has 4 nitrogen and oxygen atoms in total. The summed E-state index contributed by atoms with van der Waals surface area (Å²) in [6.07, 6.45) is 5.24. The summed E-state index contributed by atoms with van der Waals surface area (Å²) in [7, 11) is 1.74. The molecule has 1 aromatic heterocycles. The topological polar surface area (TPSA) is 51.4 Å². The second kappa shape index (κ2) is 7.84. The third kappa shape index (κ3) is 4.01. The van der Waals surface area contributed by atoms with Crippen LogP contribution in [0.2, 0.25) is 0 Å². The first-order valence-corrected chi connectivity index (χ1v) is 8.51. The molecule has 0 aromatic carbocycles. The minimum Gasteiger partial charge on any atom is -0.383 e. The average molecular weight is 407 g/mol. The summed E-state index contributed by atoms with van der Waals surface area (Å²) < 4.78 is 7.21. The van der Waals surface area contributed by atoms with Crippen LogP contribution < -0.4 is 5.73 Å². The van der Waals surface area contributed by atoms with Crippen LogP contribution in [0.3, 0.4) is 0 Å². The van der Waals surface area contributed by atoms with Crippen LogP contribution in [-0.2, 0) is 4.74 Å². The van der Waals surface area contributed by atoms with Crippen molar-refractivity contribution in [1.29, 1.82) is 0 Å². The highest BCUT2D eigenvalue weighted by atomic mass is 79.9. The number of pyridine rings is 1. The van der Waals surface area contributed by atoms with Gasteiger partial charge >= 0.3 is 0 Å². The third-order valence-electron chi connectivity index (χ3n) is 3.73. The third-order valence-corrected chi connectivity index (χ3v) is 4.80. The average Bonchev–Trinajstić information content (AvgIpc) is 2.59. The molecule has 0 saturated carbocycles. The van der Waals surface area contributed by atoms with Gasteiger partial charge in [-0.05, 0) is 57.3 Å². The second-order valence-corrected chi connectivity index (χ2v) is 6.92. The Morgan fingerprint density at radius 3 is 2.95 bits per heavy atom. The molecule has 20 heavy (non-hydrogen) atoms. The van der Waals surface area contributed by atoms with Gasteiger partial charge < -0.3 is 10.5 Å². The van der Waals surface area contributed by atoms with Gasteiger partial charge in [-0.1, -0.05) is 6.42 Å². The van der Waals surface area contributed by atoms with E-state index < -0.39 is 0 Å². The molecule has 2 atom stereocenters. The fraction of sp³-hybridized carbons (Fsp3) is 0.643. The molecule has 1 fully saturated rings. The lowest BCUT2D eigenvalue weighted by molar-refractivity contribution is 0.113. The van der Waals surface area contributed by atoms with Gasteiger partial charge in [0.1, 0.15) is 0 Å². The van der Waals surface area contributed by atoms with Crippen molar-refractivity contribution in [1.82, 2.24) is 9.88 Å². The monoisotopic (exact) mass is 405 g/mol. The molecule has 0 bridgehead atoms. The Hall–Kier alpha value is -0.0100. The van der Waals surface area contributed by atoms with Crippen LogP contribution in [0.15, 0.2) is 21.2 Å². The molecule has 2 heterocycles.